The van der Waals surface area contributed by atoms with Crippen LogP contribution in [0.25, 0.3) is 0 Å². The molecule has 9 heteroatoms. The zero-order valence-electron chi connectivity index (χ0n) is 11.0. The van der Waals surface area contributed by atoms with E-state index in [1.54, 1.807) is 0 Å². The van der Waals surface area contributed by atoms with Gasteiger partial charge >= 0.3 is 0 Å². The monoisotopic (exact) mass is 311 g/mol. The number of rotatable bonds is 3. The summed E-state index contributed by atoms with van der Waals surface area (Å²) < 4.78 is 0. The van der Waals surface area contributed by atoms with Crippen LogP contribution in [-0.4, -0.2) is 45.0 Å². The number of piperidine rings is 1. The first kappa shape index (κ1) is 17.5. The van der Waals surface area contributed by atoms with Crippen LogP contribution in [0.2, 0.25) is 0 Å². The summed E-state index contributed by atoms with van der Waals surface area (Å²) in [6.45, 7) is 0.632. The van der Waals surface area contributed by atoms with Crippen molar-refractivity contribution in [3.63, 3.8) is 0 Å². The van der Waals surface area contributed by atoms with Crippen LogP contribution in [0.5, 0.6) is 0 Å². The maximum atomic E-state index is 12.3. The molecule has 1 aliphatic heterocycles. The number of hydrogen-bond acceptors (Lipinski definition) is 6. The zero-order valence-corrected chi connectivity index (χ0v) is 11.0. The number of hydrogen-bond donors (Lipinski definition) is 1. The molecular formula is C13H17N3O6. The van der Waals surface area contributed by atoms with Crippen LogP contribution < -0.4 is 0 Å². The van der Waals surface area contributed by atoms with Gasteiger partial charge in [0.05, 0.1) is 27.6 Å². The molecule has 2 rings (SSSR count). The van der Waals surface area contributed by atoms with Crippen molar-refractivity contribution in [2.75, 3.05) is 13.1 Å². The molecule has 1 saturated heterocycles. The van der Waals surface area contributed by atoms with E-state index in [2.05, 4.69) is 0 Å². The third-order valence-electron chi connectivity index (χ3n) is 3.32. The molecule has 1 aromatic rings. The van der Waals surface area contributed by atoms with Crippen molar-refractivity contribution < 1.29 is 19.7 Å². The minimum Gasteiger partial charge on any atom is -0.393 e. The molecule has 1 N–H and O–H groups in total. The highest BCUT2D eigenvalue weighted by Crippen LogP contribution is 2.24. The standard InChI is InChI=1S/C12H13N3O6.CH4/c16-11-1-3-13(4-2-11)12(17)8-5-9(14(18)19)7-10(6-8)15(20)21;/h5-7,11,16H,1-4H2;1H4. The lowest BCUT2D eigenvalue weighted by Gasteiger charge is -2.29. The molecular weight excluding hydrogens is 294 g/mol. The maximum absolute atomic E-state index is 12.3. The fourth-order valence-corrected chi connectivity index (χ4v) is 2.18. The predicted molar refractivity (Wildman–Crippen MR) is 77.6 cm³/mol. The molecule has 22 heavy (non-hydrogen) atoms. The highest BCUT2D eigenvalue weighted by molar-refractivity contribution is 5.95. The number of aliphatic hydroxyl groups is 1. The third-order valence-corrected chi connectivity index (χ3v) is 3.32. The zero-order chi connectivity index (χ0) is 15.6. The Hall–Kier alpha value is -2.55. The number of likely N-dealkylation sites (tertiary alicyclic amines) is 1. The van der Waals surface area contributed by atoms with E-state index in [4.69, 9.17) is 0 Å². The lowest BCUT2D eigenvalue weighted by atomic mass is 10.1. The molecule has 1 aliphatic rings. The van der Waals surface area contributed by atoms with Gasteiger partial charge < -0.3 is 10.0 Å². The summed E-state index contributed by atoms with van der Waals surface area (Å²) in [5.74, 6) is -0.506. The largest absolute Gasteiger partial charge is 0.393 e. The highest BCUT2D eigenvalue weighted by Gasteiger charge is 2.26. The summed E-state index contributed by atoms with van der Waals surface area (Å²) in [5.41, 5.74) is -1.08. The second-order valence-electron chi connectivity index (χ2n) is 4.78. The Morgan fingerprint density at radius 1 is 1.09 bits per heavy atom. The molecule has 0 atom stereocenters. The summed E-state index contributed by atoms with van der Waals surface area (Å²) in [7, 11) is 0. The van der Waals surface area contributed by atoms with Gasteiger partial charge in [-0.3, -0.25) is 25.0 Å². The molecule has 0 spiro atoms. The molecule has 1 amide bonds. The van der Waals surface area contributed by atoms with Crippen molar-refractivity contribution in [2.45, 2.75) is 26.4 Å². The third kappa shape index (κ3) is 3.76. The molecule has 0 unspecified atom stereocenters. The fraction of sp³-hybridized carbons (Fsp3) is 0.462. The Morgan fingerprint density at radius 3 is 1.95 bits per heavy atom. The van der Waals surface area contributed by atoms with Gasteiger partial charge in [-0.1, -0.05) is 7.43 Å². The maximum Gasteiger partial charge on any atom is 0.277 e. The molecule has 0 aliphatic carbocycles. The number of nitrogens with zero attached hydrogens (tertiary/aromatic N) is 3. The number of carbonyl (C=O) groups excluding carboxylic acids is 1. The minimum absolute atomic E-state index is 0. The van der Waals surface area contributed by atoms with E-state index in [9.17, 15) is 30.1 Å². The first-order chi connectivity index (χ1) is 9.88. The van der Waals surface area contributed by atoms with Gasteiger partial charge in [0.25, 0.3) is 17.3 Å². The highest BCUT2D eigenvalue weighted by atomic mass is 16.6. The van der Waals surface area contributed by atoms with Gasteiger partial charge in [0.2, 0.25) is 0 Å². The lowest BCUT2D eigenvalue weighted by molar-refractivity contribution is -0.394. The summed E-state index contributed by atoms with van der Waals surface area (Å²) in [6, 6.07) is 2.87. The Morgan fingerprint density at radius 2 is 1.55 bits per heavy atom. The van der Waals surface area contributed by atoms with E-state index in [-0.39, 0.29) is 13.0 Å². The van der Waals surface area contributed by atoms with Gasteiger partial charge in [-0.25, -0.2) is 0 Å². The van der Waals surface area contributed by atoms with Crippen LogP contribution >= 0.6 is 0 Å². The van der Waals surface area contributed by atoms with E-state index >= 15 is 0 Å². The normalized spacial score (nSPS) is 15.0. The van der Waals surface area contributed by atoms with E-state index in [1.165, 1.54) is 4.90 Å². The fourth-order valence-electron chi connectivity index (χ4n) is 2.18. The molecule has 120 valence electrons. The second kappa shape index (κ2) is 6.94. The van der Waals surface area contributed by atoms with E-state index < -0.39 is 33.2 Å². The molecule has 0 bridgehead atoms. The molecule has 1 heterocycles. The molecule has 1 aromatic carbocycles. The summed E-state index contributed by atoms with van der Waals surface area (Å²) in [6.07, 6.45) is 0.374. The van der Waals surface area contributed by atoms with Gasteiger partial charge in [0, 0.05) is 25.2 Å². The van der Waals surface area contributed by atoms with Crippen LogP contribution in [-0.2, 0) is 0 Å². The van der Waals surface area contributed by atoms with Gasteiger partial charge in [-0.05, 0) is 12.8 Å². The number of non-ortho nitro benzene ring substituents is 2. The van der Waals surface area contributed by atoms with Crippen molar-refractivity contribution in [1.29, 1.82) is 0 Å². The van der Waals surface area contributed by atoms with Gasteiger partial charge in [-0.2, -0.15) is 0 Å². The minimum atomic E-state index is -0.774. The van der Waals surface area contributed by atoms with E-state index in [0.29, 0.717) is 25.9 Å². The number of nitro groups is 2. The number of carbonyl (C=O) groups is 1. The summed E-state index contributed by atoms with van der Waals surface area (Å²) >= 11 is 0. The van der Waals surface area contributed by atoms with Crippen molar-refractivity contribution in [3.8, 4) is 0 Å². The number of benzene rings is 1. The topological polar surface area (TPSA) is 127 Å². The molecule has 0 aromatic heterocycles. The SMILES string of the molecule is C.O=C(c1cc([N+](=O)[O-])cc([N+](=O)[O-])c1)N1CCC(O)CC1. The van der Waals surface area contributed by atoms with Crippen LogP contribution in [0, 0.1) is 20.2 Å². The van der Waals surface area contributed by atoms with Crippen molar-refractivity contribution >= 4 is 17.3 Å². The van der Waals surface area contributed by atoms with Crippen molar-refractivity contribution in [2.24, 2.45) is 0 Å². The number of aliphatic hydroxyl groups excluding tert-OH is 1. The van der Waals surface area contributed by atoms with Crippen LogP contribution in [0.15, 0.2) is 18.2 Å². The Kier molecular flexibility index (Phi) is 5.52. The van der Waals surface area contributed by atoms with Gasteiger partial charge in [-0.15, -0.1) is 0 Å². The Labute approximate surface area is 126 Å². The number of nitro benzene ring substituents is 2. The van der Waals surface area contributed by atoms with Crippen LogP contribution in [0.1, 0.15) is 30.6 Å². The first-order valence-corrected chi connectivity index (χ1v) is 6.29. The first-order valence-electron chi connectivity index (χ1n) is 6.29. The van der Waals surface area contributed by atoms with E-state index in [0.717, 1.165) is 18.2 Å². The van der Waals surface area contributed by atoms with Crippen molar-refractivity contribution in [1.82, 2.24) is 4.90 Å². The molecule has 0 radical (unpaired) electrons. The second-order valence-corrected chi connectivity index (χ2v) is 4.78. The summed E-state index contributed by atoms with van der Waals surface area (Å²) in [4.78, 5) is 33.7. The van der Waals surface area contributed by atoms with E-state index in [1.807, 2.05) is 0 Å². The van der Waals surface area contributed by atoms with Crippen LogP contribution in [0.3, 0.4) is 0 Å². The average Bonchev–Trinajstić information content (AvgIpc) is 2.46. The summed E-state index contributed by atoms with van der Waals surface area (Å²) in [5, 5.41) is 31.0. The van der Waals surface area contributed by atoms with Crippen molar-refractivity contribution in [3.05, 3.63) is 44.0 Å². The lowest BCUT2D eigenvalue weighted by Crippen LogP contribution is -2.40. The quantitative estimate of drug-likeness (QED) is 0.669. The molecule has 9 nitrogen and oxygen atoms in total. The number of amides is 1. The van der Waals surface area contributed by atoms with Crippen LogP contribution in [0.4, 0.5) is 11.4 Å². The van der Waals surface area contributed by atoms with Gasteiger partial charge in [0.15, 0.2) is 0 Å². The molecule has 1 fully saturated rings. The Balaban J connectivity index is 0.00000242. The Bertz CT molecular complexity index is 563. The average molecular weight is 311 g/mol. The van der Waals surface area contributed by atoms with Gasteiger partial charge in [0.1, 0.15) is 0 Å². The predicted octanol–water partition coefficient (Wildman–Crippen LogP) is 1.74. The molecule has 0 saturated carbocycles. The smallest absolute Gasteiger partial charge is 0.277 e.